The molecule has 1 amide bonds. The molecule has 2 aromatic rings. The minimum absolute atomic E-state index is 0.511. The van der Waals surface area contributed by atoms with Gasteiger partial charge < -0.3 is 9.64 Å². The molecule has 7 heteroatoms. The van der Waals surface area contributed by atoms with E-state index in [-0.39, 0.29) is 0 Å². The molecule has 0 bridgehead atoms. The number of allylic oxidation sites excluding steroid dienone is 1. The number of carbonyl (C=O) groups excluding carboxylic acids is 1. The van der Waals surface area contributed by atoms with Crippen molar-refractivity contribution < 1.29 is 9.53 Å². The molecule has 0 aromatic heterocycles. The third-order valence-corrected chi connectivity index (χ3v) is 6.96. The average Bonchev–Trinajstić information content (AvgIpc) is 2.87. The summed E-state index contributed by atoms with van der Waals surface area (Å²) in [6.07, 6.45) is 3.18. The van der Waals surface area contributed by atoms with Crippen LogP contribution in [0, 0.1) is 67.5 Å². The Bertz CT molecular complexity index is 1280. The zero-order chi connectivity index (χ0) is 23.9. The largest absolute Gasteiger partial charge is 0.497 e. The molecule has 0 saturated carbocycles. The number of carbonyl (C=O) groups is 1. The molecule has 160 valence electrons. The van der Waals surface area contributed by atoms with Crippen molar-refractivity contribution in [1.29, 1.82) is 21.0 Å². The lowest BCUT2D eigenvalue weighted by molar-refractivity contribution is -0.146. The minimum atomic E-state index is -2.22. The van der Waals surface area contributed by atoms with E-state index in [9.17, 15) is 25.8 Å². The van der Waals surface area contributed by atoms with Gasteiger partial charge in [-0.25, -0.2) is 0 Å². The number of nitrogens with zero attached hydrogens (tertiary/aromatic N) is 5. The molecule has 1 fully saturated rings. The van der Waals surface area contributed by atoms with Gasteiger partial charge in [0.2, 0.25) is 5.91 Å². The Balaban J connectivity index is 2.02. The quantitative estimate of drug-likeness (QED) is 0.531. The van der Waals surface area contributed by atoms with Crippen molar-refractivity contribution in [3.8, 4) is 30.0 Å². The van der Waals surface area contributed by atoms with Crippen LogP contribution in [0.1, 0.15) is 18.5 Å². The highest BCUT2D eigenvalue weighted by molar-refractivity contribution is 6.09. The van der Waals surface area contributed by atoms with E-state index in [1.807, 2.05) is 30.3 Å². The van der Waals surface area contributed by atoms with Crippen LogP contribution in [-0.4, -0.2) is 13.0 Å². The van der Waals surface area contributed by atoms with E-state index in [4.69, 9.17) is 4.74 Å². The first-order chi connectivity index (χ1) is 15.9. The van der Waals surface area contributed by atoms with E-state index in [0.29, 0.717) is 17.0 Å². The van der Waals surface area contributed by atoms with Crippen LogP contribution < -0.4 is 9.64 Å². The molecule has 1 spiro atoms. The maximum absolute atomic E-state index is 14.0. The predicted molar refractivity (Wildman–Crippen MR) is 118 cm³/mol. The van der Waals surface area contributed by atoms with Crippen molar-refractivity contribution in [2.45, 2.75) is 13.0 Å². The van der Waals surface area contributed by atoms with Gasteiger partial charge in [0.25, 0.3) is 0 Å². The van der Waals surface area contributed by atoms with Crippen LogP contribution in [-0.2, 0) is 4.79 Å². The number of nitriles is 4. The van der Waals surface area contributed by atoms with Crippen molar-refractivity contribution in [3.63, 3.8) is 0 Å². The second-order valence-corrected chi connectivity index (χ2v) is 8.21. The number of ether oxygens (including phenoxy) is 1. The van der Waals surface area contributed by atoms with Gasteiger partial charge in [0.15, 0.2) is 10.8 Å². The summed E-state index contributed by atoms with van der Waals surface area (Å²) in [5.74, 6) is -0.625. The molecule has 1 unspecified atom stereocenters. The van der Waals surface area contributed by atoms with Crippen LogP contribution >= 0.6 is 0 Å². The summed E-state index contributed by atoms with van der Waals surface area (Å²) in [5, 5.41) is 40.9. The second-order valence-electron chi connectivity index (χ2n) is 8.21. The highest BCUT2D eigenvalue weighted by atomic mass is 16.5. The van der Waals surface area contributed by atoms with Gasteiger partial charge in [0, 0.05) is 11.6 Å². The van der Waals surface area contributed by atoms with Gasteiger partial charge >= 0.3 is 0 Å². The number of β-lactam (4-membered cyclic amide) rings is 1. The molecular formula is C26H19N5O2. The maximum atomic E-state index is 14.0. The minimum Gasteiger partial charge on any atom is -0.497 e. The third-order valence-electron chi connectivity index (χ3n) is 6.96. The van der Waals surface area contributed by atoms with Crippen LogP contribution in [0.25, 0.3) is 0 Å². The van der Waals surface area contributed by atoms with Crippen molar-refractivity contribution in [1.82, 2.24) is 0 Å². The number of methoxy groups -OCH3 is 1. The molecule has 2 aromatic carbocycles. The van der Waals surface area contributed by atoms with E-state index in [1.165, 1.54) is 12.0 Å². The monoisotopic (exact) mass is 433 g/mol. The first kappa shape index (κ1) is 21.6. The van der Waals surface area contributed by atoms with Crippen molar-refractivity contribution in [3.05, 3.63) is 72.3 Å². The fourth-order valence-corrected chi connectivity index (χ4v) is 5.17. The topological polar surface area (TPSA) is 125 Å². The molecule has 1 saturated heterocycles. The Morgan fingerprint density at radius 1 is 0.909 bits per heavy atom. The van der Waals surface area contributed by atoms with Crippen molar-refractivity contribution in [2.24, 2.45) is 22.2 Å². The van der Waals surface area contributed by atoms with E-state index in [1.54, 1.807) is 67.6 Å². The smallest absolute Gasteiger partial charge is 0.242 e. The van der Waals surface area contributed by atoms with E-state index < -0.39 is 34.1 Å². The van der Waals surface area contributed by atoms with E-state index in [0.717, 1.165) is 0 Å². The first-order valence-electron chi connectivity index (χ1n) is 10.3. The Morgan fingerprint density at radius 2 is 1.52 bits per heavy atom. The van der Waals surface area contributed by atoms with Crippen LogP contribution in [0.5, 0.6) is 5.75 Å². The third kappa shape index (κ3) is 2.43. The Hall–Kier alpha value is -4.59. The molecule has 33 heavy (non-hydrogen) atoms. The number of amides is 1. The van der Waals surface area contributed by atoms with Gasteiger partial charge in [-0.2, -0.15) is 21.0 Å². The fraction of sp³-hybridized carbons (Fsp3) is 0.269. The van der Waals surface area contributed by atoms with Gasteiger partial charge in [-0.3, -0.25) is 4.79 Å². The fourth-order valence-electron chi connectivity index (χ4n) is 5.17. The van der Waals surface area contributed by atoms with Crippen molar-refractivity contribution in [2.75, 3.05) is 12.0 Å². The molecule has 0 radical (unpaired) electrons. The standard InChI is InChI=1S/C26H19N5O2/c1-18-12-13-26(25(16-29,17-30)24(18,14-27)15-28)22(19-6-4-3-5-7-19)31(23(26)32)20-8-10-21(33-2)11-9-20/h3-13,18,22H,1-2H3/t18?,22-,26-/m1/s1. The molecule has 1 aliphatic heterocycles. The van der Waals surface area contributed by atoms with Gasteiger partial charge in [-0.1, -0.05) is 49.4 Å². The van der Waals surface area contributed by atoms with Crippen LogP contribution in [0.2, 0.25) is 0 Å². The lowest BCUT2D eigenvalue weighted by Gasteiger charge is -2.62. The second kappa shape index (κ2) is 7.52. The van der Waals surface area contributed by atoms with E-state index in [2.05, 4.69) is 0 Å². The summed E-state index contributed by atoms with van der Waals surface area (Å²) in [7, 11) is 1.54. The average molecular weight is 433 g/mol. The molecular weight excluding hydrogens is 414 g/mol. The summed E-state index contributed by atoms with van der Waals surface area (Å²) in [4.78, 5) is 15.5. The number of benzene rings is 2. The SMILES string of the molecule is COc1ccc(N2C(=O)[C@@]3(C=CC(C)C(C#N)(C#N)C3(C#N)C#N)[C@H]2c2ccccc2)cc1. The lowest BCUT2D eigenvalue weighted by Crippen LogP contribution is -2.73. The Labute approximate surface area is 192 Å². The van der Waals surface area contributed by atoms with Crippen molar-refractivity contribution >= 4 is 11.6 Å². The van der Waals surface area contributed by atoms with Gasteiger partial charge in [0.05, 0.1) is 37.4 Å². The predicted octanol–water partition coefficient (Wildman–Crippen LogP) is 4.04. The highest BCUT2D eigenvalue weighted by Gasteiger charge is 2.80. The molecule has 1 aliphatic carbocycles. The molecule has 7 nitrogen and oxygen atoms in total. The Morgan fingerprint density at radius 3 is 2.03 bits per heavy atom. The Kier molecular flexibility index (Phi) is 4.93. The van der Waals surface area contributed by atoms with Gasteiger partial charge in [0.1, 0.15) is 11.2 Å². The summed E-state index contributed by atoms with van der Waals surface area (Å²) in [6.45, 7) is 1.61. The number of hydrogen-bond donors (Lipinski definition) is 0. The molecule has 3 atom stereocenters. The summed E-state index contributed by atoms with van der Waals surface area (Å²) in [6, 6.07) is 23.0. The summed E-state index contributed by atoms with van der Waals surface area (Å²) < 4.78 is 5.21. The van der Waals surface area contributed by atoms with Gasteiger partial charge in [-0.15, -0.1) is 0 Å². The molecule has 4 rings (SSSR count). The zero-order valence-corrected chi connectivity index (χ0v) is 18.1. The normalized spacial score (nSPS) is 26.2. The number of anilines is 1. The maximum Gasteiger partial charge on any atom is 0.242 e. The number of hydrogen-bond acceptors (Lipinski definition) is 6. The van der Waals surface area contributed by atoms with Crippen LogP contribution in [0.4, 0.5) is 5.69 Å². The highest BCUT2D eigenvalue weighted by Crippen LogP contribution is 2.69. The molecule has 2 aliphatic rings. The zero-order valence-electron chi connectivity index (χ0n) is 18.1. The van der Waals surface area contributed by atoms with E-state index >= 15 is 0 Å². The van der Waals surface area contributed by atoms with Gasteiger partial charge in [-0.05, 0) is 29.8 Å². The van der Waals surface area contributed by atoms with Crippen LogP contribution in [0.3, 0.4) is 0 Å². The number of rotatable bonds is 3. The summed E-state index contributed by atoms with van der Waals surface area (Å²) in [5.41, 5.74) is -4.73. The summed E-state index contributed by atoms with van der Waals surface area (Å²) >= 11 is 0. The lowest BCUT2D eigenvalue weighted by atomic mass is 9.41. The molecule has 0 N–H and O–H groups in total. The first-order valence-corrected chi connectivity index (χ1v) is 10.3. The molecule has 1 heterocycles. The van der Waals surface area contributed by atoms with Crippen LogP contribution in [0.15, 0.2) is 66.7 Å².